The van der Waals surface area contributed by atoms with E-state index in [9.17, 15) is 18.0 Å². The van der Waals surface area contributed by atoms with Crippen LogP contribution in [0.4, 0.5) is 13.2 Å². The first-order valence-electron chi connectivity index (χ1n) is 9.88. The fraction of sp³-hybridized carbons (Fsp3) is 0.364. The number of alkyl halides is 3. The van der Waals surface area contributed by atoms with E-state index in [1.807, 2.05) is 48.5 Å². The Hall–Kier alpha value is -2.82. The lowest BCUT2D eigenvalue weighted by molar-refractivity contribution is -0.192. The number of aliphatic carboxylic acids is 2. The SMILES string of the molecule is O=C(O)C(F)(F)F.O=C(O)CCN1CCOC(c2ccc(OCc3ccccc3Cl)cc2)C1. The van der Waals surface area contributed by atoms with Gasteiger partial charge < -0.3 is 19.7 Å². The minimum atomic E-state index is -5.08. The molecule has 2 aromatic carbocycles. The molecular weight excluding hydrogens is 467 g/mol. The molecule has 0 saturated carbocycles. The largest absolute Gasteiger partial charge is 0.490 e. The van der Waals surface area contributed by atoms with Crippen LogP contribution in [-0.4, -0.2) is 59.5 Å². The van der Waals surface area contributed by atoms with Crippen molar-refractivity contribution in [1.29, 1.82) is 0 Å². The number of morpholine rings is 1. The third-order valence-corrected chi connectivity index (χ3v) is 5.01. The summed E-state index contributed by atoms with van der Waals surface area (Å²) in [6, 6.07) is 15.4. The van der Waals surface area contributed by atoms with Crippen molar-refractivity contribution < 1.29 is 42.4 Å². The lowest BCUT2D eigenvalue weighted by Crippen LogP contribution is -2.39. The molecule has 0 aliphatic carbocycles. The zero-order valence-corrected chi connectivity index (χ0v) is 18.2. The highest BCUT2D eigenvalue weighted by Gasteiger charge is 2.38. The summed E-state index contributed by atoms with van der Waals surface area (Å²) >= 11 is 6.14. The Labute approximate surface area is 193 Å². The van der Waals surface area contributed by atoms with Crippen LogP contribution in [0.3, 0.4) is 0 Å². The van der Waals surface area contributed by atoms with Gasteiger partial charge >= 0.3 is 18.1 Å². The highest BCUT2D eigenvalue weighted by molar-refractivity contribution is 6.31. The highest BCUT2D eigenvalue weighted by atomic mass is 35.5. The second kappa shape index (κ2) is 12.4. The maximum Gasteiger partial charge on any atom is 0.490 e. The quantitative estimate of drug-likeness (QED) is 0.595. The minimum Gasteiger partial charge on any atom is -0.489 e. The monoisotopic (exact) mass is 489 g/mol. The lowest BCUT2D eigenvalue weighted by Gasteiger charge is -2.32. The summed E-state index contributed by atoms with van der Waals surface area (Å²) < 4.78 is 43.4. The van der Waals surface area contributed by atoms with Crippen molar-refractivity contribution in [3.05, 3.63) is 64.7 Å². The average molecular weight is 490 g/mol. The molecule has 2 aromatic rings. The van der Waals surface area contributed by atoms with E-state index in [2.05, 4.69) is 4.90 Å². The number of carboxylic acid groups (broad SMARTS) is 2. The molecule has 2 N–H and O–H groups in total. The fourth-order valence-electron chi connectivity index (χ4n) is 2.92. The third-order valence-electron chi connectivity index (χ3n) is 4.64. The second-order valence-corrected chi connectivity index (χ2v) is 7.46. The Bertz CT molecular complexity index is 923. The molecule has 1 aliphatic rings. The summed E-state index contributed by atoms with van der Waals surface area (Å²) in [5.74, 6) is -2.76. The molecule has 1 fully saturated rings. The van der Waals surface area contributed by atoms with Gasteiger partial charge in [-0.1, -0.05) is 41.9 Å². The summed E-state index contributed by atoms with van der Waals surface area (Å²) in [7, 11) is 0. The molecule has 11 heteroatoms. The smallest absolute Gasteiger partial charge is 0.489 e. The molecule has 1 aliphatic heterocycles. The highest BCUT2D eigenvalue weighted by Crippen LogP contribution is 2.25. The van der Waals surface area contributed by atoms with Crippen LogP contribution in [0.5, 0.6) is 5.75 Å². The van der Waals surface area contributed by atoms with Crippen LogP contribution in [-0.2, 0) is 20.9 Å². The van der Waals surface area contributed by atoms with Crippen molar-refractivity contribution in [2.24, 2.45) is 0 Å². The van der Waals surface area contributed by atoms with Crippen LogP contribution in [0, 0.1) is 0 Å². The zero-order chi connectivity index (χ0) is 24.4. The molecule has 0 bridgehead atoms. The van der Waals surface area contributed by atoms with Gasteiger partial charge in [-0.2, -0.15) is 13.2 Å². The van der Waals surface area contributed by atoms with E-state index in [-0.39, 0.29) is 12.5 Å². The van der Waals surface area contributed by atoms with Gasteiger partial charge in [-0.3, -0.25) is 9.69 Å². The number of hydrogen-bond donors (Lipinski definition) is 2. The first-order chi connectivity index (χ1) is 15.6. The van der Waals surface area contributed by atoms with Gasteiger partial charge in [-0.25, -0.2) is 4.79 Å². The number of halogens is 4. The van der Waals surface area contributed by atoms with Crippen LogP contribution in [0.1, 0.15) is 23.7 Å². The minimum absolute atomic E-state index is 0.0461. The number of benzene rings is 2. The van der Waals surface area contributed by atoms with Crippen molar-refractivity contribution in [3.8, 4) is 5.75 Å². The van der Waals surface area contributed by atoms with E-state index in [4.69, 9.17) is 36.1 Å². The van der Waals surface area contributed by atoms with Crippen LogP contribution < -0.4 is 4.74 Å². The molecule has 1 unspecified atom stereocenters. The predicted octanol–water partition coefficient (Wildman–Crippen LogP) is 4.40. The van der Waals surface area contributed by atoms with Gasteiger partial charge in [0.05, 0.1) is 19.1 Å². The van der Waals surface area contributed by atoms with Gasteiger partial charge in [0, 0.05) is 30.2 Å². The topological polar surface area (TPSA) is 96.3 Å². The fourth-order valence-corrected chi connectivity index (χ4v) is 3.11. The summed E-state index contributed by atoms with van der Waals surface area (Å²) in [6.45, 7) is 3.04. The Morgan fingerprint density at radius 3 is 2.33 bits per heavy atom. The van der Waals surface area contributed by atoms with Crippen molar-refractivity contribution in [2.45, 2.75) is 25.3 Å². The van der Waals surface area contributed by atoms with E-state index < -0.39 is 18.1 Å². The Kier molecular flexibility index (Phi) is 9.95. The molecule has 1 heterocycles. The van der Waals surface area contributed by atoms with Gasteiger partial charge in [0.2, 0.25) is 0 Å². The summed E-state index contributed by atoms with van der Waals surface area (Å²) in [5.41, 5.74) is 2.01. The van der Waals surface area contributed by atoms with Crippen LogP contribution >= 0.6 is 11.6 Å². The standard InChI is InChI=1S/C20H22ClNO4.C2HF3O2/c21-18-4-2-1-3-16(18)14-26-17-7-5-15(6-8-17)19-13-22(11-12-25-19)10-9-20(23)24;3-2(4,5)1(6)7/h1-8,19H,9-14H2,(H,23,24);(H,6,7). The van der Waals surface area contributed by atoms with E-state index in [1.165, 1.54) is 0 Å². The van der Waals surface area contributed by atoms with Gasteiger partial charge in [0.1, 0.15) is 12.4 Å². The van der Waals surface area contributed by atoms with Crippen LogP contribution in [0.25, 0.3) is 0 Å². The molecule has 7 nitrogen and oxygen atoms in total. The molecule has 1 saturated heterocycles. The Morgan fingerprint density at radius 1 is 1.12 bits per heavy atom. The first-order valence-corrected chi connectivity index (χ1v) is 10.3. The molecular formula is C22H23ClF3NO6. The molecule has 3 rings (SSSR count). The van der Waals surface area contributed by atoms with Gasteiger partial charge in [-0.05, 0) is 23.8 Å². The second-order valence-electron chi connectivity index (χ2n) is 7.06. The van der Waals surface area contributed by atoms with E-state index in [1.54, 1.807) is 0 Å². The summed E-state index contributed by atoms with van der Waals surface area (Å²) in [6.07, 6.45) is -4.98. The predicted molar refractivity (Wildman–Crippen MR) is 113 cm³/mol. The van der Waals surface area contributed by atoms with Gasteiger partial charge in [-0.15, -0.1) is 0 Å². The molecule has 0 radical (unpaired) electrons. The summed E-state index contributed by atoms with van der Waals surface area (Å²) in [4.78, 5) is 21.8. The van der Waals surface area contributed by atoms with E-state index >= 15 is 0 Å². The number of hydrogen-bond acceptors (Lipinski definition) is 5. The first kappa shape index (κ1) is 26.4. The lowest BCUT2D eigenvalue weighted by atomic mass is 10.1. The molecule has 0 spiro atoms. The van der Waals surface area contributed by atoms with Crippen molar-refractivity contribution in [1.82, 2.24) is 4.90 Å². The number of carboxylic acids is 2. The molecule has 33 heavy (non-hydrogen) atoms. The van der Waals surface area contributed by atoms with Crippen molar-refractivity contribution in [2.75, 3.05) is 26.2 Å². The van der Waals surface area contributed by atoms with Gasteiger partial charge in [0.15, 0.2) is 0 Å². The third kappa shape index (κ3) is 9.29. The summed E-state index contributed by atoms with van der Waals surface area (Å²) in [5, 5.41) is 16.6. The van der Waals surface area contributed by atoms with Crippen molar-refractivity contribution in [3.63, 3.8) is 0 Å². The number of nitrogens with zero attached hydrogens (tertiary/aromatic N) is 1. The normalized spacial score (nSPS) is 16.4. The van der Waals surface area contributed by atoms with Gasteiger partial charge in [0.25, 0.3) is 0 Å². The maximum atomic E-state index is 10.7. The van der Waals surface area contributed by atoms with E-state index in [0.29, 0.717) is 31.3 Å². The Balaban J connectivity index is 0.000000479. The Morgan fingerprint density at radius 2 is 1.76 bits per heavy atom. The van der Waals surface area contributed by atoms with Crippen LogP contribution in [0.2, 0.25) is 5.02 Å². The maximum absolute atomic E-state index is 10.7. The zero-order valence-electron chi connectivity index (χ0n) is 17.4. The number of rotatable bonds is 7. The molecule has 0 amide bonds. The van der Waals surface area contributed by atoms with Crippen molar-refractivity contribution >= 4 is 23.5 Å². The van der Waals surface area contributed by atoms with E-state index in [0.717, 1.165) is 23.4 Å². The average Bonchev–Trinajstić information content (AvgIpc) is 2.77. The molecule has 180 valence electrons. The van der Waals surface area contributed by atoms with Crippen LogP contribution in [0.15, 0.2) is 48.5 Å². The number of carbonyl (C=O) groups is 2. The number of ether oxygens (including phenoxy) is 2. The molecule has 0 aromatic heterocycles. The molecule has 1 atom stereocenters.